The Morgan fingerprint density at radius 3 is 2.32 bits per heavy atom. The lowest BCUT2D eigenvalue weighted by atomic mass is 10.1. The number of aromatic nitrogens is 2. The number of carbonyl (C=O) groups is 1. The summed E-state index contributed by atoms with van der Waals surface area (Å²) < 4.78 is 0. The molecule has 0 unspecified atom stereocenters. The van der Waals surface area contributed by atoms with Crippen LogP contribution in [0.25, 0.3) is 0 Å². The van der Waals surface area contributed by atoms with Crippen molar-refractivity contribution in [3.63, 3.8) is 0 Å². The first kappa shape index (κ1) is 16.9. The number of anilines is 4. The number of ketones is 1. The molecule has 0 bridgehead atoms. The molecule has 0 spiro atoms. The fourth-order valence-electron chi connectivity index (χ4n) is 2.30. The molecule has 0 amide bonds. The number of benzene rings is 2. The number of Topliss-reactive ketones (excluding diaryl/α,β-unsaturated/α-hetero) is 1. The highest BCUT2D eigenvalue weighted by atomic mass is 35.5. The van der Waals surface area contributed by atoms with Gasteiger partial charge in [-0.1, -0.05) is 17.7 Å². The zero-order valence-corrected chi connectivity index (χ0v) is 14.6. The van der Waals surface area contributed by atoms with Crippen molar-refractivity contribution in [2.45, 2.75) is 13.8 Å². The zero-order valence-electron chi connectivity index (χ0n) is 13.9. The summed E-state index contributed by atoms with van der Waals surface area (Å²) in [5.74, 6) is 1.34. The monoisotopic (exact) mass is 352 g/mol. The number of nitrogens with zero attached hydrogens (tertiary/aromatic N) is 2. The first-order chi connectivity index (χ1) is 12.0. The van der Waals surface area contributed by atoms with E-state index >= 15 is 0 Å². The van der Waals surface area contributed by atoms with Gasteiger partial charge in [0.1, 0.15) is 18.0 Å². The average Bonchev–Trinajstić information content (AvgIpc) is 2.59. The highest BCUT2D eigenvalue weighted by Crippen LogP contribution is 2.24. The first-order valence-electron chi connectivity index (χ1n) is 7.74. The van der Waals surface area contributed by atoms with Gasteiger partial charge in [-0.2, -0.15) is 0 Å². The van der Waals surface area contributed by atoms with E-state index in [1.54, 1.807) is 25.1 Å². The van der Waals surface area contributed by atoms with Crippen LogP contribution in [0.2, 0.25) is 5.02 Å². The van der Waals surface area contributed by atoms with Crippen LogP contribution in [0.15, 0.2) is 54.9 Å². The molecular weight excluding hydrogens is 336 g/mol. The van der Waals surface area contributed by atoms with Gasteiger partial charge in [0.15, 0.2) is 5.78 Å². The summed E-state index contributed by atoms with van der Waals surface area (Å²) in [5, 5.41) is 7.10. The van der Waals surface area contributed by atoms with E-state index in [-0.39, 0.29) is 5.78 Å². The molecular formula is C19H17ClN4O. The second-order valence-electron chi connectivity index (χ2n) is 5.63. The van der Waals surface area contributed by atoms with E-state index in [2.05, 4.69) is 20.6 Å². The minimum Gasteiger partial charge on any atom is -0.340 e. The Morgan fingerprint density at radius 2 is 1.64 bits per heavy atom. The Morgan fingerprint density at radius 1 is 0.960 bits per heavy atom. The molecule has 0 radical (unpaired) electrons. The van der Waals surface area contributed by atoms with Crippen LogP contribution in [0.3, 0.4) is 0 Å². The number of halogens is 1. The smallest absolute Gasteiger partial charge is 0.159 e. The van der Waals surface area contributed by atoms with Crippen LogP contribution in [-0.4, -0.2) is 15.8 Å². The van der Waals surface area contributed by atoms with Crippen molar-refractivity contribution in [1.82, 2.24) is 9.97 Å². The normalized spacial score (nSPS) is 10.4. The Kier molecular flexibility index (Phi) is 4.95. The summed E-state index contributed by atoms with van der Waals surface area (Å²) >= 11 is 6.05. The van der Waals surface area contributed by atoms with Gasteiger partial charge in [-0.15, -0.1) is 0 Å². The van der Waals surface area contributed by atoms with Gasteiger partial charge >= 0.3 is 0 Å². The van der Waals surface area contributed by atoms with Crippen LogP contribution in [0, 0.1) is 6.92 Å². The van der Waals surface area contributed by atoms with Gasteiger partial charge in [0.25, 0.3) is 0 Å². The molecule has 0 fully saturated rings. The summed E-state index contributed by atoms with van der Waals surface area (Å²) in [6, 6.07) is 14.7. The van der Waals surface area contributed by atoms with Crippen LogP contribution in [0.1, 0.15) is 22.8 Å². The summed E-state index contributed by atoms with van der Waals surface area (Å²) in [6.07, 6.45) is 1.48. The maximum absolute atomic E-state index is 11.3. The number of aryl methyl sites for hydroxylation is 1. The summed E-state index contributed by atoms with van der Waals surface area (Å²) in [5.41, 5.74) is 3.47. The van der Waals surface area contributed by atoms with Gasteiger partial charge in [0.2, 0.25) is 0 Å². The number of carbonyl (C=O) groups excluding carboxylic acids is 1. The van der Waals surface area contributed by atoms with Crippen molar-refractivity contribution in [2.75, 3.05) is 10.6 Å². The van der Waals surface area contributed by atoms with E-state index in [1.165, 1.54) is 6.33 Å². The molecule has 2 aromatic carbocycles. The third-order valence-corrected chi connectivity index (χ3v) is 3.93. The fraction of sp³-hybridized carbons (Fsp3) is 0.105. The lowest BCUT2D eigenvalue weighted by Crippen LogP contribution is -2.00. The van der Waals surface area contributed by atoms with E-state index in [9.17, 15) is 4.79 Å². The van der Waals surface area contributed by atoms with Crippen molar-refractivity contribution in [1.29, 1.82) is 0 Å². The SMILES string of the molecule is CC(=O)c1ccc(Nc2cc(Nc3cc(Cl)ccc3C)ncn2)cc1. The van der Waals surface area contributed by atoms with Crippen molar-refractivity contribution in [2.24, 2.45) is 0 Å². The summed E-state index contributed by atoms with van der Waals surface area (Å²) in [6.45, 7) is 3.54. The molecule has 0 aliphatic carbocycles. The highest BCUT2D eigenvalue weighted by molar-refractivity contribution is 6.30. The fourth-order valence-corrected chi connectivity index (χ4v) is 2.47. The van der Waals surface area contributed by atoms with Gasteiger partial charge in [-0.05, 0) is 55.8 Å². The number of rotatable bonds is 5. The Bertz CT molecular complexity index is 910. The van der Waals surface area contributed by atoms with Crippen LogP contribution in [0.5, 0.6) is 0 Å². The van der Waals surface area contributed by atoms with E-state index in [1.807, 2.05) is 37.3 Å². The predicted octanol–water partition coefficient (Wildman–Crippen LogP) is 5.13. The molecule has 25 heavy (non-hydrogen) atoms. The lowest BCUT2D eigenvalue weighted by Gasteiger charge is -2.11. The standard InChI is InChI=1S/C19H17ClN4O/c1-12-3-6-15(20)9-17(12)24-19-10-18(21-11-22-19)23-16-7-4-14(5-8-16)13(2)25/h3-11H,1-2H3,(H2,21,22,23,24). The van der Waals surface area contributed by atoms with Gasteiger partial charge in [0.05, 0.1) is 0 Å². The Hall–Kier alpha value is -2.92. The number of hydrogen-bond acceptors (Lipinski definition) is 5. The van der Waals surface area contributed by atoms with Gasteiger partial charge in [0, 0.05) is 28.0 Å². The maximum atomic E-state index is 11.3. The molecule has 3 rings (SSSR count). The quantitative estimate of drug-likeness (QED) is 0.623. The van der Waals surface area contributed by atoms with Crippen LogP contribution in [-0.2, 0) is 0 Å². The summed E-state index contributed by atoms with van der Waals surface area (Å²) in [7, 11) is 0. The lowest BCUT2D eigenvalue weighted by molar-refractivity contribution is 0.101. The minimum absolute atomic E-state index is 0.0389. The third-order valence-electron chi connectivity index (χ3n) is 3.69. The molecule has 0 aliphatic rings. The molecule has 126 valence electrons. The van der Waals surface area contributed by atoms with Gasteiger partial charge in [-0.25, -0.2) is 9.97 Å². The average molecular weight is 353 g/mol. The number of nitrogens with one attached hydrogen (secondary N) is 2. The second kappa shape index (κ2) is 7.32. The highest BCUT2D eigenvalue weighted by Gasteiger charge is 2.04. The van der Waals surface area contributed by atoms with Crippen LogP contribution in [0.4, 0.5) is 23.0 Å². The van der Waals surface area contributed by atoms with Crippen molar-refractivity contribution in [3.8, 4) is 0 Å². The third kappa shape index (κ3) is 4.33. The molecule has 0 atom stereocenters. The molecule has 0 saturated carbocycles. The van der Waals surface area contributed by atoms with Crippen LogP contribution >= 0.6 is 11.6 Å². The molecule has 5 nitrogen and oxygen atoms in total. The van der Waals surface area contributed by atoms with E-state index in [0.717, 1.165) is 16.9 Å². The van der Waals surface area contributed by atoms with E-state index in [4.69, 9.17) is 11.6 Å². The van der Waals surface area contributed by atoms with E-state index in [0.29, 0.717) is 22.2 Å². The molecule has 0 saturated heterocycles. The molecule has 6 heteroatoms. The van der Waals surface area contributed by atoms with Crippen molar-refractivity contribution >= 4 is 40.4 Å². The zero-order chi connectivity index (χ0) is 17.8. The van der Waals surface area contributed by atoms with Crippen molar-refractivity contribution in [3.05, 3.63) is 71.0 Å². The van der Waals surface area contributed by atoms with Gasteiger partial charge in [-0.3, -0.25) is 4.79 Å². The molecule has 2 N–H and O–H groups in total. The summed E-state index contributed by atoms with van der Waals surface area (Å²) in [4.78, 5) is 19.8. The molecule has 3 aromatic rings. The molecule has 1 heterocycles. The minimum atomic E-state index is 0.0389. The molecule has 1 aromatic heterocycles. The Labute approximate surface area is 151 Å². The van der Waals surface area contributed by atoms with E-state index < -0.39 is 0 Å². The largest absolute Gasteiger partial charge is 0.340 e. The van der Waals surface area contributed by atoms with Crippen molar-refractivity contribution < 1.29 is 4.79 Å². The first-order valence-corrected chi connectivity index (χ1v) is 8.12. The number of hydrogen-bond donors (Lipinski definition) is 2. The Balaban J connectivity index is 1.77. The second-order valence-corrected chi connectivity index (χ2v) is 6.07. The van der Waals surface area contributed by atoms with Gasteiger partial charge < -0.3 is 10.6 Å². The predicted molar refractivity (Wildman–Crippen MR) is 101 cm³/mol. The van der Waals surface area contributed by atoms with Crippen LogP contribution < -0.4 is 10.6 Å². The maximum Gasteiger partial charge on any atom is 0.159 e. The topological polar surface area (TPSA) is 66.9 Å². The molecule has 0 aliphatic heterocycles.